The highest BCUT2D eigenvalue weighted by Gasteiger charge is 2.36. The minimum atomic E-state index is -0.488. The van der Waals surface area contributed by atoms with E-state index in [9.17, 15) is 14.4 Å². The van der Waals surface area contributed by atoms with Gasteiger partial charge in [-0.05, 0) is 19.2 Å². The maximum absolute atomic E-state index is 12.4. The van der Waals surface area contributed by atoms with Crippen LogP contribution in [0.4, 0.5) is 11.6 Å². The maximum atomic E-state index is 12.4. The van der Waals surface area contributed by atoms with Crippen molar-refractivity contribution in [3.63, 3.8) is 0 Å². The van der Waals surface area contributed by atoms with Crippen molar-refractivity contribution < 1.29 is 14.4 Å². The molecule has 0 aliphatic carbocycles. The summed E-state index contributed by atoms with van der Waals surface area (Å²) < 4.78 is 0. The van der Waals surface area contributed by atoms with Crippen molar-refractivity contribution in [1.82, 2.24) is 19.8 Å². The van der Waals surface area contributed by atoms with E-state index in [0.29, 0.717) is 16.9 Å². The molecule has 0 unspecified atom stereocenters. The summed E-state index contributed by atoms with van der Waals surface area (Å²) in [5.74, 6) is -0.338. The van der Waals surface area contributed by atoms with E-state index in [2.05, 4.69) is 32.1 Å². The molecule has 28 heavy (non-hydrogen) atoms. The fraction of sp³-hybridized carbons (Fsp3) is 0.316. The molecule has 9 heteroatoms. The van der Waals surface area contributed by atoms with Crippen LogP contribution in [0.1, 0.15) is 20.7 Å². The highest BCUT2D eigenvalue weighted by molar-refractivity contribution is 6.22. The lowest BCUT2D eigenvalue weighted by Gasteiger charge is -2.33. The number of carbonyl (C=O) groups excluding carboxylic acids is 3. The number of piperazine rings is 1. The van der Waals surface area contributed by atoms with Crippen LogP contribution in [0.15, 0.2) is 36.7 Å². The van der Waals surface area contributed by atoms with Gasteiger partial charge in [-0.25, -0.2) is 9.97 Å². The summed E-state index contributed by atoms with van der Waals surface area (Å²) in [4.78, 5) is 50.8. The third kappa shape index (κ3) is 3.44. The first-order valence-electron chi connectivity index (χ1n) is 9.03. The van der Waals surface area contributed by atoms with Crippen LogP contribution in [0.5, 0.6) is 0 Å². The van der Waals surface area contributed by atoms with Crippen molar-refractivity contribution in [2.24, 2.45) is 0 Å². The first-order chi connectivity index (χ1) is 13.5. The van der Waals surface area contributed by atoms with E-state index in [-0.39, 0.29) is 6.54 Å². The Bertz CT molecular complexity index is 904. The molecule has 0 bridgehead atoms. The van der Waals surface area contributed by atoms with Crippen molar-refractivity contribution in [3.05, 3.63) is 47.8 Å². The van der Waals surface area contributed by atoms with Crippen molar-refractivity contribution in [1.29, 1.82) is 0 Å². The highest BCUT2D eigenvalue weighted by atomic mass is 16.2. The van der Waals surface area contributed by atoms with Gasteiger partial charge in [0, 0.05) is 32.2 Å². The van der Waals surface area contributed by atoms with E-state index in [1.807, 2.05) is 0 Å². The zero-order valence-corrected chi connectivity index (χ0v) is 15.5. The van der Waals surface area contributed by atoms with E-state index in [1.165, 1.54) is 6.33 Å². The number of fused-ring (bicyclic) bond motifs is 1. The average Bonchev–Trinajstić information content (AvgIpc) is 2.94. The molecule has 3 heterocycles. The second-order valence-corrected chi connectivity index (χ2v) is 6.84. The molecule has 2 aliphatic heterocycles. The second kappa shape index (κ2) is 7.35. The second-order valence-electron chi connectivity index (χ2n) is 6.84. The van der Waals surface area contributed by atoms with Crippen LogP contribution >= 0.6 is 0 Å². The SMILES string of the molecule is CN1CCN(c2cc(NC(=O)CN3C(=O)c4ccccc4C3=O)ncn2)CC1. The monoisotopic (exact) mass is 380 g/mol. The fourth-order valence-corrected chi connectivity index (χ4v) is 3.33. The summed E-state index contributed by atoms with van der Waals surface area (Å²) in [6.07, 6.45) is 1.39. The maximum Gasteiger partial charge on any atom is 0.262 e. The molecule has 1 N–H and O–H groups in total. The number of anilines is 2. The van der Waals surface area contributed by atoms with Gasteiger partial charge < -0.3 is 15.1 Å². The molecule has 2 aliphatic rings. The topological polar surface area (TPSA) is 98.7 Å². The number of imide groups is 1. The van der Waals surface area contributed by atoms with Gasteiger partial charge in [0.15, 0.2) is 0 Å². The molecule has 1 saturated heterocycles. The Morgan fingerprint density at radius 2 is 1.68 bits per heavy atom. The largest absolute Gasteiger partial charge is 0.354 e. The van der Waals surface area contributed by atoms with E-state index in [0.717, 1.165) is 36.9 Å². The Hall–Kier alpha value is -3.33. The summed E-state index contributed by atoms with van der Waals surface area (Å²) in [5, 5.41) is 2.65. The summed E-state index contributed by atoms with van der Waals surface area (Å²) in [5.41, 5.74) is 0.638. The van der Waals surface area contributed by atoms with Crippen LogP contribution in [0.25, 0.3) is 0 Å². The van der Waals surface area contributed by atoms with Crippen molar-refractivity contribution in [2.45, 2.75) is 0 Å². The van der Waals surface area contributed by atoms with Gasteiger partial charge in [0.05, 0.1) is 11.1 Å². The van der Waals surface area contributed by atoms with Gasteiger partial charge in [-0.15, -0.1) is 0 Å². The van der Waals surface area contributed by atoms with Crippen LogP contribution in [0, 0.1) is 0 Å². The molecular weight excluding hydrogens is 360 g/mol. The summed E-state index contributed by atoms with van der Waals surface area (Å²) in [6.45, 7) is 3.20. The molecule has 144 valence electrons. The van der Waals surface area contributed by atoms with Crippen LogP contribution < -0.4 is 10.2 Å². The Labute approximate surface area is 162 Å². The van der Waals surface area contributed by atoms with Gasteiger partial charge >= 0.3 is 0 Å². The number of likely N-dealkylation sites (N-methyl/N-ethyl adjacent to an activating group) is 1. The number of amides is 3. The fourth-order valence-electron chi connectivity index (χ4n) is 3.33. The van der Waals surface area contributed by atoms with Crippen molar-refractivity contribution in [2.75, 3.05) is 50.0 Å². The molecule has 0 radical (unpaired) electrons. The molecule has 1 fully saturated rings. The minimum Gasteiger partial charge on any atom is -0.354 e. The first-order valence-corrected chi connectivity index (χ1v) is 9.03. The molecule has 3 amide bonds. The zero-order valence-electron chi connectivity index (χ0n) is 15.5. The summed E-state index contributed by atoms with van der Waals surface area (Å²) in [7, 11) is 2.07. The van der Waals surface area contributed by atoms with Gasteiger partial charge in [0.25, 0.3) is 11.8 Å². The van der Waals surface area contributed by atoms with E-state index in [4.69, 9.17) is 0 Å². The standard InChI is InChI=1S/C19H20N6O3/c1-23-6-8-24(9-7-23)16-10-15(20-12-21-16)22-17(26)11-25-18(27)13-4-2-3-5-14(13)19(25)28/h2-5,10,12H,6-9,11H2,1H3,(H,20,21,22,26). The van der Waals surface area contributed by atoms with E-state index >= 15 is 0 Å². The molecule has 0 spiro atoms. The number of nitrogens with zero attached hydrogens (tertiary/aromatic N) is 5. The Morgan fingerprint density at radius 1 is 1.04 bits per heavy atom. The molecule has 1 aromatic heterocycles. The van der Waals surface area contributed by atoms with Gasteiger partial charge in [0.2, 0.25) is 5.91 Å². The minimum absolute atomic E-state index is 0.319. The third-order valence-electron chi connectivity index (χ3n) is 4.93. The Balaban J connectivity index is 1.42. The number of nitrogens with one attached hydrogen (secondary N) is 1. The number of benzene rings is 1. The lowest BCUT2D eigenvalue weighted by Crippen LogP contribution is -2.44. The van der Waals surface area contributed by atoms with E-state index in [1.54, 1.807) is 30.3 Å². The molecular formula is C19H20N6O3. The normalized spacial score (nSPS) is 17.0. The number of rotatable bonds is 4. The van der Waals surface area contributed by atoms with Gasteiger partial charge in [-0.2, -0.15) is 0 Å². The quantitative estimate of drug-likeness (QED) is 0.770. The van der Waals surface area contributed by atoms with Crippen LogP contribution in [0.2, 0.25) is 0 Å². The van der Waals surface area contributed by atoms with Gasteiger partial charge in [-0.1, -0.05) is 12.1 Å². The van der Waals surface area contributed by atoms with Crippen LogP contribution in [-0.2, 0) is 4.79 Å². The lowest BCUT2D eigenvalue weighted by atomic mass is 10.1. The first kappa shape index (κ1) is 18.1. The Morgan fingerprint density at radius 3 is 2.32 bits per heavy atom. The average molecular weight is 380 g/mol. The molecule has 0 saturated carbocycles. The van der Waals surface area contributed by atoms with Crippen LogP contribution in [-0.4, -0.2) is 77.3 Å². The molecule has 9 nitrogen and oxygen atoms in total. The number of aromatic nitrogens is 2. The van der Waals surface area contributed by atoms with Crippen molar-refractivity contribution in [3.8, 4) is 0 Å². The van der Waals surface area contributed by atoms with Gasteiger partial charge in [0.1, 0.15) is 24.5 Å². The number of carbonyl (C=O) groups is 3. The van der Waals surface area contributed by atoms with Gasteiger partial charge in [-0.3, -0.25) is 19.3 Å². The molecule has 2 aromatic rings. The Kier molecular flexibility index (Phi) is 4.74. The highest BCUT2D eigenvalue weighted by Crippen LogP contribution is 2.22. The summed E-state index contributed by atoms with van der Waals surface area (Å²) >= 11 is 0. The summed E-state index contributed by atoms with van der Waals surface area (Å²) in [6, 6.07) is 8.24. The third-order valence-corrected chi connectivity index (χ3v) is 4.93. The molecule has 0 atom stereocenters. The van der Waals surface area contributed by atoms with Crippen LogP contribution in [0.3, 0.4) is 0 Å². The number of hydrogen-bond donors (Lipinski definition) is 1. The van der Waals surface area contributed by atoms with E-state index < -0.39 is 17.7 Å². The zero-order chi connectivity index (χ0) is 19.7. The predicted molar refractivity (Wildman–Crippen MR) is 102 cm³/mol. The smallest absolute Gasteiger partial charge is 0.262 e. The van der Waals surface area contributed by atoms with Crippen molar-refractivity contribution >= 4 is 29.4 Å². The molecule has 1 aromatic carbocycles. The lowest BCUT2D eigenvalue weighted by molar-refractivity contribution is -0.116. The number of hydrogen-bond acceptors (Lipinski definition) is 7. The molecule has 4 rings (SSSR count). The predicted octanol–water partition coefficient (Wildman–Crippen LogP) is 0.463.